The molecule has 0 saturated carbocycles. The summed E-state index contributed by atoms with van der Waals surface area (Å²) in [6, 6.07) is 11.2. The molecule has 0 aliphatic carbocycles. The minimum atomic E-state index is -3.75. The van der Waals surface area contributed by atoms with Crippen molar-refractivity contribution >= 4 is 27.1 Å². The largest absolute Gasteiger partial charge is 0.497 e. The van der Waals surface area contributed by atoms with Crippen LogP contribution in [-0.2, 0) is 21.2 Å². The van der Waals surface area contributed by atoms with Crippen molar-refractivity contribution < 1.29 is 17.9 Å². The summed E-state index contributed by atoms with van der Waals surface area (Å²) in [4.78, 5) is 18.7. The lowest BCUT2D eigenvalue weighted by molar-refractivity contribution is -0.118. The smallest absolute Gasteiger partial charge is 0.233 e. The number of imidazole rings is 1. The number of hydrogen-bond donors (Lipinski definition) is 0. The zero-order valence-corrected chi connectivity index (χ0v) is 15.4. The lowest BCUT2D eigenvalue weighted by Crippen LogP contribution is -2.32. The third-order valence-corrected chi connectivity index (χ3v) is 6.32. The number of sulfone groups is 1. The number of hydrogen-bond acceptors (Lipinski definition) is 5. The van der Waals surface area contributed by atoms with E-state index in [0.29, 0.717) is 23.7 Å². The molecular formula is C19H17N3O4S. The summed E-state index contributed by atoms with van der Waals surface area (Å²) < 4.78 is 33.1. The van der Waals surface area contributed by atoms with Crippen LogP contribution in [0.5, 0.6) is 5.75 Å². The predicted molar refractivity (Wildman–Crippen MR) is 98.9 cm³/mol. The molecule has 4 rings (SSSR count). The molecule has 8 heteroatoms. The van der Waals surface area contributed by atoms with E-state index in [1.165, 1.54) is 24.1 Å². The van der Waals surface area contributed by atoms with Crippen molar-refractivity contribution in [3.63, 3.8) is 0 Å². The summed E-state index contributed by atoms with van der Waals surface area (Å²) >= 11 is 0. The molecule has 1 aliphatic rings. The molecule has 2 aromatic carbocycles. The molecule has 1 amide bonds. The van der Waals surface area contributed by atoms with Crippen molar-refractivity contribution in [1.29, 1.82) is 0 Å². The maximum atomic E-state index is 13.1. The van der Waals surface area contributed by atoms with Crippen LogP contribution in [0.3, 0.4) is 0 Å². The van der Waals surface area contributed by atoms with Crippen LogP contribution in [0.15, 0.2) is 71.0 Å². The van der Waals surface area contributed by atoms with Gasteiger partial charge in [-0.05, 0) is 24.3 Å². The average molecular weight is 383 g/mol. The molecule has 0 bridgehead atoms. The molecule has 138 valence electrons. The highest BCUT2D eigenvalue weighted by atomic mass is 32.2. The molecule has 0 spiro atoms. The average Bonchev–Trinajstić information content (AvgIpc) is 3.20. The SMILES string of the molecule is COc1ccc2c(c1)S(=O)(=O)c1ccccc1N2C(=O)CCn1ccnc1. The number of para-hydroxylation sites is 1. The van der Waals surface area contributed by atoms with Gasteiger partial charge in [-0.2, -0.15) is 0 Å². The molecule has 0 fully saturated rings. The Kier molecular flexibility index (Phi) is 4.19. The predicted octanol–water partition coefficient (Wildman–Crippen LogP) is 2.79. The quantitative estimate of drug-likeness (QED) is 0.692. The standard InChI is InChI=1S/C19H17N3O4S/c1-26-14-6-7-16-18(12-14)27(24,25)17-5-3-2-4-15(17)22(16)19(23)8-10-21-11-9-20-13-21/h2-7,9,11-13H,8,10H2,1H3. The Hall–Kier alpha value is -3.13. The van der Waals surface area contributed by atoms with Gasteiger partial charge in [0, 0.05) is 31.4 Å². The molecule has 3 aromatic rings. The molecule has 0 unspecified atom stereocenters. The van der Waals surface area contributed by atoms with Crippen molar-refractivity contribution in [1.82, 2.24) is 9.55 Å². The van der Waals surface area contributed by atoms with Crippen molar-refractivity contribution in [2.75, 3.05) is 12.0 Å². The molecule has 0 atom stereocenters. The first-order valence-electron chi connectivity index (χ1n) is 8.33. The number of benzene rings is 2. The number of fused-ring (bicyclic) bond motifs is 2. The number of amides is 1. The fraction of sp³-hybridized carbons (Fsp3) is 0.158. The van der Waals surface area contributed by atoms with Gasteiger partial charge in [-0.15, -0.1) is 0 Å². The van der Waals surface area contributed by atoms with Crippen LogP contribution in [0.4, 0.5) is 11.4 Å². The van der Waals surface area contributed by atoms with Crippen LogP contribution >= 0.6 is 0 Å². The molecule has 27 heavy (non-hydrogen) atoms. The van der Waals surface area contributed by atoms with Crippen LogP contribution < -0.4 is 9.64 Å². The second kappa shape index (κ2) is 6.55. The van der Waals surface area contributed by atoms with Gasteiger partial charge < -0.3 is 9.30 Å². The maximum Gasteiger partial charge on any atom is 0.233 e. The molecule has 7 nitrogen and oxygen atoms in total. The second-order valence-corrected chi connectivity index (χ2v) is 7.97. The van der Waals surface area contributed by atoms with Crippen molar-refractivity contribution in [2.45, 2.75) is 22.8 Å². The molecular weight excluding hydrogens is 366 g/mol. The summed E-state index contributed by atoms with van der Waals surface area (Å²) in [5.74, 6) is 0.222. The Labute approximate surface area is 156 Å². The highest BCUT2D eigenvalue weighted by Crippen LogP contribution is 2.45. The van der Waals surface area contributed by atoms with E-state index < -0.39 is 9.84 Å². The van der Waals surface area contributed by atoms with E-state index in [2.05, 4.69) is 4.98 Å². The van der Waals surface area contributed by atoms with E-state index in [0.717, 1.165) is 0 Å². The second-order valence-electron chi connectivity index (χ2n) is 6.08. The Morgan fingerprint density at radius 3 is 2.63 bits per heavy atom. The van der Waals surface area contributed by atoms with Crippen molar-refractivity contribution in [2.24, 2.45) is 0 Å². The van der Waals surface area contributed by atoms with Gasteiger partial charge in [-0.3, -0.25) is 9.69 Å². The van der Waals surface area contributed by atoms with Gasteiger partial charge >= 0.3 is 0 Å². The molecule has 0 saturated heterocycles. The summed E-state index contributed by atoms with van der Waals surface area (Å²) in [7, 11) is -2.28. The number of ether oxygens (including phenoxy) is 1. The van der Waals surface area contributed by atoms with Gasteiger partial charge in [0.05, 0.1) is 34.6 Å². The number of aryl methyl sites for hydroxylation is 1. The van der Waals surface area contributed by atoms with Gasteiger partial charge in [0.15, 0.2) is 0 Å². The zero-order valence-electron chi connectivity index (χ0n) is 14.6. The highest BCUT2D eigenvalue weighted by molar-refractivity contribution is 7.92. The number of anilines is 2. The first-order valence-corrected chi connectivity index (χ1v) is 9.81. The molecule has 1 aromatic heterocycles. The Morgan fingerprint density at radius 1 is 1.11 bits per heavy atom. The van der Waals surface area contributed by atoms with Gasteiger partial charge in [0.25, 0.3) is 0 Å². The lowest BCUT2D eigenvalue weighted by atomic mass is 10.2. The number of rotatable bonds is 4. The third-order valence-electron chi connectivity index (χ3n) is 4.49. The van der Waals surface area contributed by atoms with Gasteiger partial charge in [0.1, 0.15) is 5.75 Å². The summed E-state index contributed by atoms with van der Waals surface area (Å²) in [5, 5.41) is 0. The summed E-state index contributed by atoms with van der Waals surface area (Å²) in [6.07, 6.45) is 5.27. The fourth-order valence-electron chi connectivity index (χ4n) is 3.16. The molecule has 1 aliphatic heterocycles. The number of aromatic nitrogens is 2. The Bertz CT molecular complexity index is 1110. The van der Waals surface area contributed by atoms with Crippen LogP contribution in [0, 0.1) is 0 Å². The Morgan fingerprint density at radius 2 is 1.89 bits per heavy atom. The third kappa shape index (κ3) is 2.87. The van der Waals surface area contributed by atoms with Crippen molar-refractivity contribution in [3.8, 4) is 5.75 Å². The number of nitrogens with zero attached hydrogens (tertiary/aromatic N) is 3. The van der Waals surface area contributed by atoms with E-state index in [1.807, 2.05) is 0 Å². The minimum Gasteiger partial charge on any atom is -0.497 e. The number of carbonyl (C=O) groups excluding carboxylic acids is 1. The van der Waals surface area contributed by atoms with Crippen molar-refractivity contribution in [3.05, 3.63) is 61.2 Å². The summed E-state index contributed by atoms with van der Waals surface area (Å²) in [5.41, 5.74) is 0.705. The van der Waals surface area contributed by atoms with Gasteiger partial charge in [0.2, 0.25) is 15.7 Å². The first-order chi connectivity index (χ1) is 13.0. The van der Waals surface area contributed by atoms with E-state index in [9.17, 15) is 13.2 Å². The van der Waals surface area contributed by atoms with E-state index in [-0.39, 0.29) is 22.1 Å². The molecule has 2 heterocycles. The van der Waals surface area contributed by atoms with Crippen LogP contribution in [0.1, 0.15) is 6.42 Å². The molecule has 0 radical (unpaired) electrons. The summed E-state index contributed by atoms with van der Waals surface area (Å²) in [6.45, 7) is 0.454. The van der Waals surface area contributed by atoms with Gasteiger partial charge in [-0.1, -0.05) is 12.1 Å². The van der Waals surface area contributed by atoms with Gasteiger partial charge in [-0.25, -0.2) is 13.4 Å². The highest BCUT2D eigenvalue weighted by Gasteiger charge is 2.36. The molecule has 0 N–H and O–H groups in total. The topological polar surface area (TPSA) is 81.5 Å². The van der Waals surface area contributed by atoms with E-state index in [4.69, 9.17) is 4.74 Å². The van der Waals surface area contributed by atoms with Crippen LogP contribution in [0.2, 0.25) is 0 Å². The van der Waals surface area contributed by atoms with E-state index >= 15 is 0 Å². The lowest BCUT2D eigenvalue weighted by Gasteiger charge is -2.31. The number of methoxy groups -OCH3 is 1. The van der Waals surface area contributed by atoms with E-state index in [1.54, 1.807) is 53.6 Å². The van der Waals surface area contributed by atoms with Crippen LogP contribution in [0.25, 0.3) is 0 Å². The Balaban J connectivity index is 1.81. The minimum absolute atomic E-state index is 0.0662. The normalized spacial score (nSPS) is 14.3. The monoisotopic (exact) mass is 383 g/mol. The van der Waals surface area contributed by atoms with Crippen LogP contribution in [-0.4, -0.2) is 31.0 Å². The zero-order chi connectivity index (χ0) is 19.0. The first kappa shape index (κ1) is 17.3. The fourth-order valence-corrected chi connectivity index (χ4v) is 4.80. The maximum absolute atomic E-state index is 13.1. The number of carbonyl (C=O) groups is 1.